The second-order valence-corrected chi connectivity index (χ2v) is 10.6. The van der Waals surface area contributed by atoms with Gasteiger partial charge >= 0.3 is 0 Å². The van der Waals surface area contributed by atoms with Gasteiger partial charge in [0.1, 0.15) is 0 Å². The van der Waals surface area contributed by atoms with Gasteiger partial charge in [0.15, 0.2) is 5.78 Å². The molecule has 160 valence electrons. The van der Waals surface area contributed by atoms with Gasteiger partial charge in [-0.1, -0.05) is 34.1 Å². The number of hydrogen-bond acceptors (Lipinski definition) is 4. The Hall–Kier alpha value is -2.03. The lowest BCUT2D eigenvalue weighted by Gasteiger charge is -2.36. The summed E-state index contributed by atoms with van der Waals surface area (Å²) in [5, 5.41) is 0. The van der Waals surface area contributed by atoms with Crippen LogP contribution in [0.15, 0.2) is 53.0 Å². The summed E-state index contributed by atoms with van der Waals surface area (Å²) in [6.07, 6.45) is 1.15. The van der Waals surface area contributed by atoms with E-state index in [1.807, 2.05) is 0 Å². The number of nitrogens with zero attached hydrogens (tertiary/aromatic N) is 2. The molecule has 1 heterocycles. The Kier molecular flexibility index (Phi) is 7.10. The number of piperidine rings is 1. The minimum atomic E-state index is -3.26. The number of carbonyl (C=O) groups is 2. The third kappa shape index (κ3) is 4.82. The summed E-state index contributed by atoms with van der Waals surface area (Å²) in [6, 6.07) is 13.8. The zero-order valence-corrected chi connectivity index (χ0v) is 19.4. The van der Waals surface area contributed by atoms with Crippen LogP contribution in [0.3, 0.4) is 0 Å². The fourth-order valence-electron chi connectivity index (χ4n) is 3.66. The molecule has 1 saturated heterocycles. The third-order valence-corrected chi connectivity index (χ3v) is 8.01. The van der Waals surface area contributed by atoms with Gasteiger partial charge in [0.2, 0.25) is 10.0 Å². The maximum absolute atomic E-state index is 13.2. The smallest absolute Gasteiger partial charge is 0.254 e. The summed E-state index contributed by atoms with van der Waals surface area (Å²) in [5.74, 6) is -0.334. The minimum Gasteiger partial charge on any atom is -0.339 e. The zero-order chi connectivity index (χ0) is 21.9. The van der Waals surface area contributed by atoms with E-state index in [1.165, 1.54) is 4.31 Å². The number of amides is 1. The lowest BCUT2D eigenvalue weighted by molar-refractivity contribution is 0.0682. The number of likely N-dealkylation sites (tertiary alicyclic amines) is 1. The van der Waals surface area contributed by atoms with Crippen molar-refractivity contribution in [2.24, 2.45) is 0 Å². The zero-order valence-electron chi connectivity index (χ0n) is 17.0. The second kappa shape index (κ2) is 9.41. The van der Waals surface area contributed by atoms with Crippen molar-refractivity contribution >= 4 is 37.6 Å². The summed E-state index contributed by atoms with van der Waals surface area (Å²) < 4.78 is 26.5. The van der Waals surface area contributed by atoms with Crippen LogP contribution in [0.5, 0.6) is 0 Å². The second-order valence-electron chi connectivity index (χ2n) is 7.32. The van der Waals surface area contributed by atoms with Crippen molar-refractivity contribution in [1.29, 1.82) is 0 Å². The number of benzene rings is 2. The number of ketones is 1. The van der Waals surface area contributed by atoms with Crippen LogP contribution in [0, 0.1) is 0 Å². The highest BCUT2D eigenvalue weighted by Gasteiger charge is 2.31. The van der Waals surface area contributed by atoms with Gasteiger partial charge in [0, 0.05) is 41.8 Å². The van der Waals surface area contributed by atoms with Gasteiger partial charge in [-0.3, -0.25) is 9.59 Å². The molecule has 0 atom stereocenters. The maximum atomic E-state index is 13.2. The van der Waals surface area contributed by atoms with Crippen molar-refractivity contribution in [3.05, 3.63) is 69.7 Å². The minimum absolute atomic E-state index is 0.0637. The van der Waals surface area contributed by atoms with Gasteiger partial charge in [-0.2, -0.15) is 0 Å². The molecule has 3 rings (SSSR count). The molecule has 0 spiro atoms. The van der Waals surface area contributed by atoms with E-state index in [4.69, 9.17) is 0 Å². The Balaban J connectivity index is 1.76. The number of hydrogen-bond donors (Lipinski definition) is 0. The maximum Gasteiger partial charge on any atom is 0.254 e. The fraction of sp³-hybridized carbons (Fsp3) is 0.364. The molecule has 1 aliphatic rings. The van der Waals surface area contributed by atoms with Gasteiger partial charge in [-0.15, -0.1) is 0 Å². The van der Waals surface area contributed by atoms with Crippen LogP contribution in [0.2, 0.25) is 0 Å². The van der Waals surface area contributed by atoms with Gasteiger partial charge in [0.25, 0.3) is 5.91 Å². The van der Waals surface area contributed by atoms with Crippen LogP contribution in [0.1, 0.15) is 46.0 Å². The van der Waals surface area contributed by atoms with Crippen LogP contribution in [0.25, 0.3) is 0 Å². The SMILES string of the molecule is CCS(=O)(=O)N(C)C1CCN(C(=O)c2ccccc2C(=O)c2ccc(Br)cc2)CC1. The molecular weight excluding hydrogens is 468 g/mol. The van der Waals surface area contributed by atoms with Crippen molar-refractivity contribution in [1.82, 2.24) is 9.21 Å². The molecule has 6 nitrogen and oxygen atoms in total. The Labute approximate surface area is 186 Å². The van der Waals surface area contributed by atoms with E-state index < -0.39 is 10.0 Å². The highest BCUT2D eigenvalue weighted by Crippen LogP contribution is 2.23. The van der Waals surface area contributed by atoms with Gasteiger partial charge < -0.3 is 4.90 Å². The highest BCUT2D eigenvalue weighted by molar-refractivity contribution is 9.10. The Morgan fingerprint density at radius 2 is 1.60 bits per heavy atom. The molecule has 0 aliphatic carbocycles. The standard InChI is InChI=1S/C22H25BrN2O4S/c1-3-30(28,29)24(2)18-12-14-25(15-13-18)22(27)20-7-5-4-6-19(20)21(26)16-8-10-17(23)11-9-16/h4-11,18H,3,12-15H2,1-2H3. The molecule has 0 bridgehead atoms. The summed E-state index contributed by atoms with van der Waals surface area (Å²) in [4.78, 5) is 27.9. The van der Waals surface area contributed by atoms with Crippen molar-refractivity contribution in [2.45, 2.75) is 25.8 Å². The average Bonchev–Trinajstić information content (AvgIpc) is 2.78. The highest BCUT2D eigenvalue weighted by atomic mass is 79.9. The Morgan fingerprint density at radius 3 is 2.17 bits per heavy atom. The van der Waals surface area contributed by atoms with E-state index >= 15 is 0 Å². The largest absolute Gasteiger partial charge is 0.339 e. The summed E-state index contributed by atoms with van der Waals surface area (Å²) in [6.45, 7) is 2.53. The normalized spacial score (nSPS) is 15.4. The van der Waals surface area contributed by atoms with E-state index in [2.05, 4.69) is 15.9 Å². The lowest BCUT2D eigenvalue weighted by Crippen LogP contribution is -2.47. The lowest BCUT2D eigenvalue weighted by atomic mass is 9.96. The third-order valence-electron chi connectivity index (χ3n) is 5.58. The molecule has 8 heteroatoms. The monoisotopic (exact) mass is 492 g/mol. The van der Waals surface area contributed by atoms with Gasteiger partial charge in [-0.25, -0.2) is 12.7 Å². The predicted molar refractivity (Wildman–Crippen MR) is 120 cm³/mol. The molecule has 1 amide bonds. The first kappa shape index (κ1) is 22.7. The van der Waals surface area contributed by atoms with Crippen molar-refractivity contribution in [2.75, 3.05) is 25.9 Å². The van der Waals surface area contributed by atoms with Crippen molar-refractivity contribution in [3.8, 4) is 0 Å². The summed E-state index contributed by atoms with van der Waals surface area (Å²) in [7, 11) is -1.65. The molecule has 0 unspecified atom stereocenters. The molecule has 0 aromatic heterocycles. The van der Waals surface area contributed by atoms with Crippen LogP contribution in [0.4, 0.5) is 0 Å². The Bertz CT molecular complexity index is 1030. The molecule has 1 fully saturated rings. The molecule has 2 aromatic carbocycles. The van der Waals surface area contributed by atoms with Crippen LogP contribution < -0.4 is 0 Å². The van der Waals surface area contributed by atoms with Crippen molar-refractivity contribution in [3.63, 3.8) is 0 Å². The van der Waals surface area contributed by atoms with Crippen LogP contribution in [-0.4, -0.2) is 61.2 Å². The van der Waals surface area contributed by atoms with Crippen LogP contribution >= 0.6 is 15.9 Å². The number of rotatable bonds is 6. The molecular formula is C22H25BrN2O4S. The first-order valence-electron chi connectivity index (χ1n) is 9.89. The van der Waals surface area contributed by atoms with Crippen molar-refractivity contribution < 1.29 is 18.0 Å². The Morgan fingerprint density at radius 1 is 1.03 bits per heavy atom. The molecule has 0 saturated carbocycles. The summed E-state index contributed by atoms with van der Waals surface area (Å²) in [5.41, 5.74) is 1.26. The molecule has 1 aliphatic heterocycles. The molecule has 0 radical (unpaired) electrons. The molecule has 0 N–H and O–H groups in total. The molecule has 30 heavy (non-hydrogen) atoms. The van der Waals surface area contributed by atoms with E-state index in [9.17, 15) is 18.0 Å². The predicted octanol–water partition coefficient (Wildman–Crippen LogP) is 3.57. The number of halogens is 1. The van der Waals surface area contributed by atoms with Gasteiger partial charge in [0.05, 0.1) is 11.3 Å². The first-order chi connectivity index (χ1) is 14.2. The van der Waals surface area contributed by atoms with E-state index in [1.54, 1.807) is 67.4 Å². The number of carbonyl (C=O) groups excluding carboxylic acids is 2. The van der Waals surface area contributed by atoms with E-state index in [0.717, 1.165) is 4.47 Å². The van der Waals surface area contributed by atoms with E-state index in [-0.39, 0.29) is 23.5 Å². The van der Waals surface area contributed by atoms with E-state index in [0.29, 0.717) is 42.6 Å². The van der Waals surface area contributed by atoms with Gasteiger partial charge in [-0.05, 0) is 50.1 Å². The first-order valence-corrected chi connectivity index (χ1v) is 12.3. The fourth-order valence-corrected chi connectivity index (χ4v) is 4.99. The molecule has 2 aromatic rings. The average molecular weight is 493 g/mol. The topological polar surface area (TPSA) is 74.8 Å². The summed E-state index contributed by atoms with van der Waals surface area (Å²) >= 11 is 3.36. The van der Waals surface area contributed by atoms with Crippen LogP contribution in [-0.2, 0) is 10.0 Å². The number of sulfonamides is 1. The quantitative estimate of drug-likeness (QED) is 0.577.